The molecule has 122 valence electrons. The lowest BCUT2D eigenvalue weighted by Crippen LogP contribution is -2.39. The number of likely N-dealkylation sites (N-methyl/N-ethyl adjacent to an activating group) is 1. The lowest BCUT2D eigenvalue weighted by atomic mass is 10.2. The van der Waals surface area contributed by atoms with Crippen LogP contribution in [0.4, 0.5) is 11.4 Å². The van der Waals surface area contributed by atoms with Crippen LogP contribution in [-0.2, 0) is 11.3 Å². The molecule has 1 N–H and O–H groups in total. The van der Waals surface area contributed by atoms with Gasteiger partial charge in [0.15, 0.2) is 0 Å². The summed E-state index contributed by atoms with van der Waals surface area (Å²) in [5.41, 5.74) is 0.0968. The number of carbonyl (C=O) groups excluding carboxylic acids is 1. The van der Waals surface area contributed by atoms with Gasteiger partial charge in [-0.25, -0.2) is 0 Å². The van der Waals surface area contributed by atoms with Crippen LogP contribution in [0.15, 0.2) is 40.2 Å². The highest BCUT2D eigenvalue weighted by atomic mass is 79.9. The highest BCUT2D eigenvalue weighted by molar-refractivity contribution is 9.10. The molecule has 2 aromatic rings. The maximum absolute atomic E-state index is 12.3. The molecule has 0 spiro atoms. The van der Waals surface area contributed by atoms with Gasteiger partial charge in [0.2, 0.25) is 5.91 Å². The van der Waals surface area contributed by atoms with E-state index >= 15 is 0 Å². The van der Waals surface area contributed by atoms with E-state index in [2.05, 4.69) is 21.2 Å². The topological polar surface area (TPSA) is 75.5 Å². The smallest absolute Gasteiger partial charge is 0.292 e. The molecule has 23 heavy (non-hydrogen) atoms. The third-order valence-corrected chi connectivity index (χ3v) is 5.11. The predicted molar refractivity (Wildman–Crippen MR) is 94.7 cm³/mol. The van der Waals surface area contributed by atoms with Crippen molar-refractivity contribution in [3.05, 3.63) is 55.2 Å². The third-order valence-electron chi connectivity index (χ3n) is 3.43. The van der Waals surface area contributed by atoms with E-state index in [4.69, 9.17) is 0 Å². The molecule has 0 bridgehead atoms. The fourth-order valence-corrected chi connectivity index (χ4v) is 3.51. The lowest BCUT2D eigenvalue weighted by molar-refractivity contribution is -0.383. The van der Waals surface area contributed by atoms with E-state index in [1.54, 1.807) is 30.4 Å². The number of nitro benzene ring substituents is 1. The first-order valence-corrected chi connectivity index (χ1v) is 8.53. The molecule has 1 aromatic carbocycles. The Balaban J connectivity index is 2.03. The van der Waals surface area contributed by atoms with E-state index in [1.807, 2.05) is 23.4 Å². The first kappa shape index (κ1) is 17.6. The third kappa shape index (κ3) is 4.60. The number of benzene rings is 1. The van der Waals surface area contributed by atoms with Gasteiger partial charge in [0.1, 0.15) is 5.69 Å². The number of nitro groups is 1. The number of amides is 1. The summed E-state index contributed by atoms with van der Waals surface area (Å²) in [6.07, 6.45) is 0. The number of nitrogens with one attached hydrogen (secondary N) is 1. The van der Waals surface area contributed by atoms with E-state index in [9.17, 15) is 14.9 Å². The van der Waals surface area contributed by atoms with Crippen molar-refractivity contribution in [1.82, 2.24) is 4.90 Å². The summed E-state index contributed by atoms with van der Waals surface area (Å²) in [7, 11) is 1.84. The van der Waals surface area contributed by atoms with Gasteiger partial charge in [0, 0.05) is 27.3 Å². The van der Waals surface area contributed by atoms with Gasteiger partial charge < -0.3 is 5.32 Å². The number of hydrogen-bond acceptors (Lipinski definition) is 5. The Morgan fingerprint density at radius 1 is 1.48 bits per heavy atom. The number of anilines is 1. The van der Waals surface area contributed by atoms with Gasteiger partial charge in [-0.05, 0) is 42.0 Å². The second-order valence-corrected chi connectivity index (χ2v) is 7.00. The van der Waals surface area contributed by atoms with Crippen molar-refractivity contribution < 1.29 is 9.72 Å². The van der Waals surface area contributed by atoms with Gasteiger partial charge in [0.25, 0.3) is 5.69 Å². The van der Waals surface area contributed by atoms with Crippen LogP contribution in [0.3, 0.4) is 0 Å². The molecule has 1 amide bonds. The summed E-state index contributed by atoms with van der Waals surface area (Å²) < 4.78 is 1.02. The van der Waals surface area contributed by atoms with Gasteiger partial charge in [0.05, 0.1) is 11.0 Å². The van der Waals surface area contributed by atoms with Gasteiger partial charge >= 0.3 is 0 Å². The van der Waals surface area contributed by atoms with Crippen molar-refractivity contribution in [2.75, 3.05) is 12.4 Å². The van der Waals surface area contributed by atoms with Gasteiger partial charge in [-0.15, -0.1) is 11.3 Å². The molecule has 0 saturated carbocycles. The van der Waals surface area contributed by atoms with Crippen molar-refractivity contribution in [3.63, 3.8) is 0 Å². The van der Waals surface area contributed by atoms with Crippen LogP contribution in [-0.4, -0.2) is 28.8 Å². The monoisotopic (exact) mass is 397 g/mol. The predicted octanol–water partition coefficient (Wildman–Crippen LogP) is 3.88. The molecule has 1 aromatic heterocycles. The Morgan fingerprint density at radius 3 is 2.78 bits per heavy atom. The first-order valence-electron chi connectivity index (χ1n) is 6.86. The van der Waals surface area contributed by atoms with Crippen molar-refractivity contribution in [1.29, 1.82) is 0 Å². The molecule has 0 radical (unpaired) electrons. The number of para-hydroxylation sites is 2. The largest absolute Gasteiger partial charge is 0.319 e. The molecule has 0 aliphatic heterocycles. The van der Waals surface area contributed by atoms with Crippen LogP contribution >= 0.6 is 27.3 Å². The van der Waals surface area contributed by atoms with Crippen LogP contribution in [0, 0.1) is 10.1 Å². The molecule has 1 unspecified atom stereocenters. The molecule has 1 heterocycles. The molecule has 2 rings (SSSR count). The average molecular weight is 398 g/mol. The van der Waals surface area contributed by atoms with Crippen LogP contribution in [0.5, 0.6) is 0 Å². The van der Waals surface area contributed by atoms with E-state index in [-0.39, 0.29) is 17.3 Å². The summed E-state index contributed by atoms with van der Waals surface area (Å²) in [5.74, 6) is -0.280. The van der Waals surface area contributed by atoms with Crippen LogP contribution in [0.2, 0.25) is 0 Å². The second-order valence-electron chi connectivity index (χ2n) is 5.09. The van der Waals surface area contributed by atoms with E-state index in [1.165, 1.54) is 12.1 Å². The molecule has 0 aliphatic carbocycles. The maximum atomic E-state index is 12.3. The Hall–Kier alpha value is -1.77. The summed E-state index contributed by atoms with van der Waals surface area (Å²) in [6.45, 7) is 2.40. The number of hydrogen-bond donors (Lipinski definition) is 1. The Kier molecular flexibility index (Phi) is 5.86. The van der Waals surface area contributed by atoms with Crippen LogP contribution in [0.25, 0.3) is 0 Å². The first-order chi connectivity index (χ1) is 10.9. The minimum Gasteiger partial charge on any atom is -0.319 e. The molecular formula is C15H16BrN3O3S. The molecule has 0 saturated heterocycles. The second kappa shape index (κ2) is 7.67. The highest BCUT2D eigenvalue weighted by Gasteiger charge is 2.22. The number of thiophene rings is 1. The molecule has 0 aliphatic rings. The lowest BCUT2D eigenvalue weighted by Gasteiger charge is -2.23. The maximum Gasteiger partial charge on any atom is 0.292 e. The number of rotatable bonds is 6. The van der Waals surface area contributed by atoms with Gasteiger partial charge in [-0.1, -0.05) is 12.1 Å². The Labute approximate surface area is 146 Å². The minimum atomic E-state index is -0.507. The Morgan fingerprint density at radius 2 is 2.17 bits per heavy atom. The number of nitrogens with zero attached hydrogens (tertiary/aromatic N) is 2. The zero-order valence-electron chi connectivity index (χ0n) is 12.7. The summed E-state index contributed by atoms with van der Waals surface area (Å²) in [5, 5.41) is 15.6. The number of carbonyl (C=O) groups is 1. The fraction of sp³-hybridized carbons (Fsp3) is 0.267. The average Bonchev–Trinajstić information content (AvgIpc) is 2.91. The van der Waals surface area contributed by atoms with E-state index in [0.717, 1.165) is 9.35 Å². The molecule has 0 fully saturated rings. The van der Waals surface area contributed by atoms with Crippen molar-refractivity contribution >= 4 is 44.5 Å². The van der Waals surface area contributed by atoms with Crippen molar-refractivity contribution in [2.45, 2.75) is 19.5 Å². The van der Waals surface area contributed by atoms with Gasteiger partial charge in [-0.3, -0.25) is 19.8 Å². The fourth-order valence-electron chi connectivity index (χ4n) is 2.00. The zero-order chi connectivity index (χ0) is 17.0. The number of halogens is 1. The minimum absolute atomic E-state index is 0.113. The summed E-state index contributed by atoms with van der Waals surface area (Å²) in [4.78, 5) is 25.8. The van der Waals surface area contributed by atoms with Crippen molar-refractivity contribution in [2.24, 2.45) is 0 Å². The quantitative estimate of drug-likeness (QED) is 0.592. The molecule has 6 nitrogen and oxygen atoms in total. The van der Waals surface area contributed by atoms with Crippen LogP contribution in [0.1, 0.15) is 11.8 Å². The zero-order valence-corrected chi connectivity index (χ0v) is 15.1. The summed E-state index contributed by atoms with van der Waals surface area (Å²) >= 11 is 5.01. The van der Waals surface area contributed by atoms with E-state index in [0.29, 0.717) is 6.54 Å². The van der Waals surface area contributed by atoms with Crippen LogP contribution < -0.4 is 5.32 Å². The summed E-state index contributed by atoms with van der Waals surface area (Å²) in [6, 6.07) is 7.70. The standard InChI is InChI=1S/C15H16BrN3O3S/c1-10(18(2)8-12-7-11(16)9-23-12)15(20)17-13-5-3-4-6-14(13)19(21)22/h3-7,9-10H,8H2,1-2H3,(H,17,20). The van der Waals surface area contributed by atoms with Gasteiger partial charge in [-0.2, -0.15) is 0 Å². The molecular weight excluding hydrogens is 382 g/mol. The van der Waals surface area contributed by atoms with Crippen molar-refractivity contribution in [3.8, 4) is 0 Å². The SMILES string of the molecule is CC(C(=O)Nc1ccccc1[N+](=O)[O-])N(C)Cc1cc(Br)cs1. The Bertz CT molecular complexity index is 719. The normalized spacial score (nSPS) is 12.2. The molecule has 8 heteroatoms. The van der Waals surface area contributed by atoms with E-state index < -0.39 is 11.0 Å². The highest BCUT2D eigenvalue weighted by Crippen LogP contribution is 2.24. The molecule has 1 atom stereocenters.